The molecule has 0 aromatic rings. The second kappa shape index (κ2) is 6.77. The molecule has 0 saturated carbocycles. The Balaban J connectivity index is 5.00. The van der Waals surface area contributed by atoms with Crippen molar-refractivity contribution in [3.05, 3.63) is 12.7 Å². The molecule has 0 radical (unpaired) electrons. The Bertz CT molecular complexity index is 250. The van der Waals surface area contributed by atoms with Gasteiger partial charge in [0.1, 0.15) is 11.2 Å². The second-order valence-corrected chi connectivity index (χ2v) is 4.08. The van der Waals surface area contributed by atoms with Crippen LogP contribution in [-0.4, -0.2) is 23.7 Å². The topological polar surface area (TPSA) is 43.4 Å². The van der Waals surface area contributed by atoms with Crippen molar-refractivity contribution in [3.8, 4) is 0 Å². The quantitative estimate of drug-likeness (QED) is 0.311. The molecule has 0 aromatic heterocycles. The SMILES string of the molecule is C=CCC(CCBr)(C(C)=O)C(=O)OCC. The number of halogens is 1. The van der Waals surface area contributed by atoms with E-state index in [1.165, 1.54) is 6.92 Å². The van der Waals surface area contributed by atoms with Gasteiger partial charge in [0.15, 0.2) is 0 Å². The molecule has 0 saturated heterocycles. The Morgan fingerprint density at radius 1 is 1.53 bits per heavy atom. The number of carbonyl (C=O) groups is 2. The molecule has 0 fully saturated rings. The molecular formula is C11H17BrO3. The molecule has 1 atom stereocenters. The first-order valence-corrected chi connectivity index (χ1v) is 6.02. The summed E-state index contributed by atoms with van der Waals surface area (Å²) in [7, 11) is 0. The molecular weight excluding hydrogens is 260 g/mol. The van der Waals surface area contributed by atoms with E-state index in [4.69, 9.17) is 4.74 Å². The fourth-order valence-corrected chi connectivity index (χ4v) is 2.10. The van der Waals surface area contributed by atoms with E-state index in [0.717, 1.165) is 0 Å². The Hall–Kier alpha value is -0.640. The molecule has 0 rings (SSSR count). The molecule has 0 aromatic carbocycles. The van der Waals surface area contributed by atoms with Gasteiger partial charge in [-0.25, -0.2) is 0 Å². The molecule has 0 N–H and O–H groups in total. The highest BCUT2D eigenvalue weighted by molar-refractivity contribution is 9.09. The van der Waals surface area contributed by atoms with E-state index in [1.54, 1.807) is 13.0 Å². The highest BCUT2D eigenvalue weighted by Crippen LogP contribution is 2.31. The first kappa shape index (κ1) is 14.4. The Morgan fingerprint density at radius 2 is 2.13 bits per heavy atom. The molecule has 3 nitrogen and oxygen atoms in total. The molecule has 86 valence electrons. The summed E-state index contributed by atoms with van der Waals surface area (Å²) in [4.78, 5) is 23.4. The molecule has 0 spiro atoms. The fourth-order valence-electron chi connectivity index (χ4n) is 1.43. The molecule has 0 aliphatic carbocycles. The van der Waals surface area contributed by atoms with E-state index in [-0.39, 0.29) is 12.4 Å². The second-order valence-electron chi connectivity index (χ2n) is 3.29. The van der Waals surface area contributed by atoms with E-state index in [1.807, 2.05) is 0 Å². The van der Waals surface area contributed by atoms with E-state index < -0.39 is 11.4 Å². The van der Waals surface area contributed by atoms with Crippen LogP contribution >= 0.6 is 15.9 Å². The van der Waals surface area contributed by atoms with E-state index in [0.29, 0.717) is 18.2 Å². The Kier molecular flexibility index (Phi) is 6.48. The highest BCUT2D eigenvalue weighted by Gasteiger charge is 2.42. The van der Waals surface area contributed by atoms with Gasteiger partial charge in [-0.15, -0.1) is 6.58 Å². The molecule has 1 unspecified atom stereocenters. The van der Waals surface area contributed by atoms with Crippen molar-refractivity contribution in [2.45, 2.75) is 26.7 Å². The number of allylic oxidation sites excluding steroid dienone is 1. The number of rotatable bonds is 7. The zero-order valence-corrected chi connectivity index (χ0v) is 10.8. The average molecular weight is 277 g/mol. The van der Waals surface area contributed by atoms with Gasteiger partial charge < -0.3 is 4.74 Å². The number of hydrogen-bond acceptors (Lipinski definition) is 3. The van der Waals surface area contributed by atoms with Gasteiger partial charge in [0.25, 0.3) is 0 Å². The van der Waals surface area contributed by atoms with Gasteiger partial charge in [0.2, 0.25) is 0 Å². The van der Waals surface area contributed by atoms with Crippen LogP contribution in [0.1, 0.15) is 26.7 Å². The van der Waals surface area contributed by atoms with Crippen LogP contribution in [0.5, 0.6) is 0 Å². The van der Waals surface area contributed by atoms with Crippen LogP contribution < -0.4 is 0 Å². The van der Waals surface area contributed by atoms with Crippen LogP contribution in [0.25, 0.3) is 0 Å². The van der Waals surface area contributed by atoms with Crippen LogP contribution in [-0.2, 0) is 14.3 Å². The predicted molar refractivity (Wildman–Crippen MR) is 63.0 cm³/mol. The van der Waals surface area contributed by atoms with Gasteiger partial charge in [-0.1, -0.05) is 22.0 Å². The summed E-state index contributed by atoms with van der Waals surface area (Å²) in [6.07, 6.45) is 2.35. The number of hydrogen-bond donors (Lipinski definition) is 0. The molecule has 4 heteroatoms. The van der Waals surface area contributed by atoms with Crippen molar-refractivity contribution in [3.63, 3.8) is 0 Å². The Morgan fingerprint density at radius 3 is 2.47 bits per heavy atom. The third kappa shape index (κ3) is 3.45. The lowest BCUT2D eigenvalue weighted by atomic mass is 9.78. The summed E-state index contributed by atoms with van der Waals surface area (Å²) < 4.78 is 4.95. The van der Waals surface area contributed by atoms with Crippen LogP contribution in [0, 0.1) is 5.41 Å². The van der Waals surface area contributed by atoms with Crippen LogP contribution in [0.4, 0.5) is 0 Å². The van der Waals surface area contributed by atoms with Crippen molar-refractivity contribution in [2.24, 2.45) is 5.41 Å². The summed E-state index contributed by atoms with van der Waals surface area (Å²) >= 11 is 3.25. The van der Waals surface area contributed by atoms with Gasteiger partial charge in [0, 0.05) is 5.33 Å². The maximum absolute atomic E-state index is 11.8. The molecule has 0 bridgehead atoms. The minimum atomic E-state index is -1.05. The largest absolute Gasteiger partial charge is 0.465 e. The lowest BCUT2D eigenvalue weighted by molar-refractivity contribution is -0.159. The van der Waals surface area contributed by atoms with Gasteiger partial charge in [-0.3, -0.25) is 9.59 Å². The minimum absolute atomic E-state index is 0.166. The Labute approximate surface area is 99.0 Å². The fraction of sp³-hybridized carbons (Fsp3) is 0.636. The van der Waals surface area contributed by atoms with Crippen molar-refractivity contribution in [1.82, 2.24) is 0 Å². The third-order valence-electron chi connectivity index (χ3n) is 2.35. The van der Waals surface area contributed by atoms with E-state index >= 15 is 0 Å². The zero-order chi connectivity index (χ0) is 11.9. The van der Waals surface area contributed by atoms with E-state index in [2.05, 4.69) is 22.5 Å². The van der Waals surface area contributed by atoms with Crippen LogP contribution in [0.15, 0.2) is 12.7 Å². The van der Waals surface area contributed by atoms with Gasteiger partial charge in [-0.05, 0) is 26.7 Å². The third-order valence-corrected chi connectivity index (χ3v) is 2.75. The lowest BCUT2D eigenvalue weighted by Gasteiger charge is -2.26. The van der Waals surface area contributed by atoms with Gasteiger partial charge in [-0.2, -0.15) is 0 Å². The number of alkyl halides is 1. The first-order valence-electron chi connectivity index (χ1n) is 4.90. The number of Topliss-reactive ketones (excluding diaryl/α,β-unsaturated/α-hetero) is 1. The lowest BCUT2D eigenvalue weighted by Crippen LogP contribution is -2.39. The van der Waals surface area contributed by atoms with E-state index in [9.17, 15) is 9.59 Å². The van der Waals surface area contributed by atoms with Gasteiger partial charge in [0.05, 0.1) is 6.61 Å². The summed E-state index contributed by atoms with van der Waals surface area (Å²) in [5, 5.41) is 0.583. The maximum atomic E-state index is 11.8. The molecule has 0 heterocycles. The number of ether oxygens (including phenoxy) is 1. The maximum Gasteiger partial charge on any atom is 0.319 e. The van der Waals surface area contributed by atoms with Crippen molar-refractivity contribution < 1.29 is 14.3 Å². The standard InChI is InChI=1S/C11H17BrO3/c1-4-6-11(7-8-12,9(3)13)10(14)15-5-2/h4H,1,5-8H2,2-3H3. The van der Waals surface area contributed by atoms with Crippen LogP contribution in [0.3, 0.4) is 0 Å². The highest BCUT2D eigenvalue weighted by atomic mass is 79.9. The summed E-state index contributed by atoms with van der Waals surface area (Å²) in [5.41, 5.74) is -1.05. The minimum Gasteiger partial charge on any atom is -0.465 e. The number of carbonyl (C=O) groups excluding carboxylic acids is 2. The molecule has 0 aliphatic rings. The normalized spacial score (nSPS) is 14.1. The first-order chi connectivity index (χ1) is 7.05. The average Bonchev–Trinajstić information content (AvgIpc) is 2.17. The molecule has 0 aliphatic heterocycles. The number of esters is 1. The monoisotopic (exact) mass is 276 g/mol. The molecule has 15 heavy (non-hydrogen) atoms. The van der Waals surface area contributed by atoms with Crippen molar-refractivity contribution in [1.29, 1.82) is 0 Å². The number of ketones is 1. The predicted octanol–water partition coefficient (Wildman–Crippen LogP) is 2.49. The zero-order valence-electron chi connectivity index (χ0n) is 9.22. The van der Waals surface area contributed by atoms with Crippen molar-refractivity contribution in [2.75, 3.05) is 11.9 Å². The summed E-state index contributed by atoms with van der Waals surface area (Å²) in [6, 6.07) is 0. The molecule has 0 amide bonds. The van der Waals surface area contributed by atoms with Crippen LogP contribution in [0.2, 0.25) is 0 Å². The smallest absolute Gasteiger partial charge is 0.319 e. The summed E-state index contributed by atoms with van der Waals surface area (Å²) in [6.45, 7) is 7.01. The summed E-state index contributed by atoms with van der Waals surface area (Å²) in [5.74, 6) is -0.614. The van der Waals surface area contributed by atoms with Gasteiger partial charge >= 0.3 is 5.97 Å². The van der Waals surface area contributed by atoms with Crippen molar-refractivity contribution >= 4 is 27.7 Å².